The van der Waals surface area contributed by atoms with Crippen molar-refractivity contribution in [2.24, 2.45) is 0 Å². The first-order valence-corrected chi connectivity index (χ1v) is 7.24. The van der Waals surface area contributed by atoms with Gasteiger partial charge in [-0.05, 0) is 31.5 Å². The average Bonchev–Trinajstić information content (AvgIpc) is 2.76. The maximum absolute atomic E-state index is 6.06. The number of hydrogen-bond acceptors (Lipinski definition) is 3. The van der Waals surface area contributed by atoms with Gasteiger partial charge in [0.2, 0.25) is 0 Å². The first-order valence-electron chi connectivity index (χ1n) is 5.99. The second kappa shape index (κ2) is 6.34. The Bertz CT molecular complexity index is 436. The van der Waals surface area contributed by atoms with Crippen LogP contribution in [-0.2, 0) is 6.54 Å². The van der Waals surface area contributed by atoms with E-state index in [9.17, 15) is 0 Å². The zero-order chi connectivity index (χ0) is 12.1. The molecule has 0 saturated carbocycles. The second-order valence-corrected chi connectivity index (χ2v) is 5.78. The molecule has 0 saturated heterocycles. The Hall–Kier alpha value is -0.640. The van der Waals surface area contributed by atoms with Crippen molar-refractivity contribution in [1.82, 2.24) is 10.3 Å². The molecule has 1 atom stereocenters. The number of nitrogens with one attached hydrogen (secondary N) is 1. The van der Waals surface area contributed by atoms with Gasteiger partial charge in [-0.15, -0.1) is 22.9 Å². The second-order valence-electron chi connectivity index (χ2n) is 4.05. The number of thiazole rings is 1. The van der Waals surface area contributed by atoms with Gasteiger partial charge in [-0.3, -0.25) is 0 Å². The van der Waals surface area contributed by atoms with E-state index in [2.05, 4.69) is 35.4 Å². The largest absolute Gasteiger partial charge is 0.310 e. The molecule has 0 bridgehead atoms. The zero-order valence-electron chi connectivity index (χ0n) is 9.95. The van der Waals surface area contributed by atoms with Crippen molar-refractivity contribution in [3.05, 3.63) is 29.3 Å². The number of alkyl halides is 1. The molecule has 0 amide bonds. The number of rotatable bonds is 6. The molecular formula is C13H17ClN2S. The minimum atomic E-state index is 0.290. The molecule has 1 aromatic carbocycles. The summed E-state index contributed by atoms with van der Waals surface area (Å²) in [6.07, 6.45) is 2.05. The Balaban J connectivity index is 1.83. The molecule has 2 aromatic rings. The Morgan fingerprint density at radius 2 is 2.24 bits per heavy atom. The van der Waals surface area contributed by atoms with Gasteiger partial charge in [0.25, 0.3) is 0 Å². The van der Waals surface area contributed by atoms with Crippen LogP contribution in [0.3, 0.4) is 0 Å². The van der Waals surface area contributed by atoms with Crippen molar-refractivity contribution in [3.63, 3.8) is 0 Å². The van der Waals surface area contributed by atoms with Gasteiger partial charge in [0.15, 0.2) is 0 Å². The minimum Gasteiger partial charge on any atom is -0.310 e. The number of hydrogen-bond donors (Lipinski definition) is 1. The minimum absolute atomic E-state index is 0.290. The molecule has 0 fully saturated rings. The van der Waals surface area contributed by atoms with Crippen molar-refractivity contribution >= 4 is 33.2 Å². The summed E-state index contributed by atoms with van der Waals surface area (Å²) in [5.74, 6) is 0. The van der Waals surface area contributed by atoms with E-state index in [1.165, 1.54) is 4.70 Å². The Labute approximate surface area is 111 Å². The summed E-state index contributed by atoms with van der Waals surface area (Å²) in [6, 6.07) is 8.25. The maximum Gasteiger partial charge on any atom is 0.108 e. The number of nitrogens with zero attached hydrogens (tertiary/aromatic N) is 1. The fraction of sp³-hybridized carbons (Fsp3) is 0.462. The van der Waals surface area contributed by atoms with Gasteiger partial charge in [-0.25, -0.2) is 4.98 Å². The van der Waals surface area contributed by atoms with Gasteiger partial charge in [0.05, 0.1) is 10.2 Å². The summed E-state index contributed by atoms with van der Waals surface area (Å²) in [5.41, 5.74) is 1.10. The Morgan fingerprint density at radius 3 is 3.00 bits per heavy atom. The van der Waals surface area contributed by atoms with Crippen LogP contribution >= 0.6 is 22.9 Å². The molecule has 2 nitrogen and oxygen atoms in total. The van der Waals surface area contributed by atoms with Crippen LogP contribution in [0.15, 0.2) is 24.3 Å². The quantitative estimate of drug-likeness (QED) is 0.637. The summed E-state index contributed by atoms with van der Waals surface area (Å²) in [7, 11) is 0. The molecule has 1 aromatic heterocycles. The molecule has 0 aliphatic rings. The van der Waals surface area contributed by atoms with Crippen LogP contribution in [0.25, 0.3) is 10.2 Å². The van der Waals surface area contributed by atoms with Gasteiger partial charge in [0.1, 0.15) is 5.01 Å². The number of aromatic nitrogens is 1. The van der Waals surface area contributed by atoms with Crippen LogP contribution in [-0.4, -0.2) is 16.9 Å². The molecule has 17 heavy (non-hydrogen) atoms. The van der Waals surface area contributed by atoms with E-state index in [4.69, 9.17) is 11.6 Å². The van der Waals surface area contributed by atoms with Crippen LogP contribution in [0, 0.1) is 0 Å². The molecule has 4 heteroatoms. The summed E-state index contributed by atoms with van der Waals surface area (Å²) >= 11 is 7.81. The summed E-state index contributed by atoms with van der Waals surface area (Å²) in [6.45, 7) is 3.91. The van der Waals surface area contributed by atoms with E-state index >= 15 is 0 Å². The van der Waals surface area contributed by atoms with E-state index in [1.807, 2.05) is 6.07 Å². The maximum atomic E-state index is 6.06. The molecule has 0 radical (unpaired) electrons. The molecule has 0 aliphatic carbocycles. The van der Waals surface area contributed by atoms with Crippen LogP contribution in [0.1, 0.15) is 24.8 Å². The summed E-state index contributed by atoms with van der Waals surface area (Å²) in [5, 5.41) is 4.83. The lowest BCUT2D eigenvalue weighted by Crippen LogP contribution is -2.17. The van der Waals surface area contributed by atoms with Crippen molar-refractivity contribution in [2.45, 2.75) is 31.7 Å². The Morgan fingerprint density at radius 1 is 1.41 bits per heavy atom. The highest BCUT2D eigenvalue weighted by Crippen LogP contribution is 2.21. The summed E-state index contributed by atoms with van der Waals surface area (Å²) in [4.78, 5) is 4.57. The lowest BCUT2D eigenvalue weighted by Gasteiger charge is -2.06. The van der Waals surface area contributed by atoms with Gasteiger partial charge >= 0.3 is 0 Å². The van der Waals surface area contributed by atoms with Crippen LogP contribution in [0.5, 0.6) is 0 Å². The smallest absolute Gasteiger partial charge is 0.108 e. The van der Waals surface area contributed by atoms with Crippen molar-refractivity contribution in [1.29, 1.82) is 0 Å². The van der Waals surface area contributed by atoms with Gasteiger partial charge < -0.3 is 5.32 Å². The molecule has 1 unspecified atom stereocenters. The van der Waals surface area contributed by atoms with Crippen LogP contribution in [0.2, 0.25) is 0 Å². The van der Waals surface area contributed by atoms with Gasteiger partial charge in [-0.1, -0.05) is 19.1 Å². The molecule has 92 valence electrons. The third kappa shape index (κ3) is 3.66. The molecule has 0 spiro atoms. The number of halogens is 1. The number of fused-ring (bicyclic) bond motifs is 1. The topological polar surface area (TPSA) is 24.9 Å². The highest BCUT2D eigenvalue weighted by Gasteiger charge is 2.03. The third-order valence-corrected chi connectivity index (χ3v) is 4.25. The van der Waals surface area contributed by atoms with E-state index in [1.54, 1.807) is 11.3 Å². The summed E-state index contributed by atoms with van der Waals surface area (Å²) < 4.78 is 1.26. The van der Waals surface area contributed by atoms with Crippen molar-refractivity contribution in [3.8, 4) is 0 Å². The molecule has 0 aliphatic heterocycles. The van der Waals surface area contributed by atoms with E-state index in [0.717, 1.165) is 36.5 Å². The standard InChI is InChI=1S/C13H17ClN2S/c1-2-10(14)7-8-15-9-13-16-11-5-3-4-6-12(11)17-13/h3-6,10,15H,2,7-9H2,1H3. The van der Waals surface area contributed by atoms with E-state index < -0.39 is 0 Å². The van der Waals surface area contributed by atoms with Crippen molar-refractivity contribution < 1.29 is 0 Å². The predicted octanol–water partition coefficient (Wildman–Crippen LogP) is 3.79. The average molecular weight is 269 g/mol. The van der Waals surface area contributed by atoms with E-state index in [-0.39, 0.29) is 5.38 Å². The molecule has 1 heterocycles. The van der Waals surface area contributed by atoms with Crippen molar-refractivity contribution in [2.75, 3.05) is 6.54 Å². The fourth-order valence-corrected chi connectivity index (χ4v) is 2.70. The van der Waals surface area contributed by atoms with E-state index in [0.29, 0.717) is 0 Å². The fourth-order valence-electron chi connectivity index (χ4n) is 1.65. The highest BCUT2D eigenvalue weighted by molar-refractivity contribution is 7.18. The zero-order valence-corrected chi connectivity index (χ0v) is 11.5. The normalized spacial score (nSPS) is 13.1. The SMILES string of the molecule is CCC(Cl)CCNCc1nc2ccccc2s1. The molecular weight excluding hydrogens is 252 g/mol. The van der Waals surface area contributed by atoms with Crippen LogP contribution < -0.4 is 5.32 Å². The lowest BCUT2D eigenvalue weighted by atomic mass is 10.2. The van der Waals surface area contributed by atoms with Gasteiger partial charge in [0, 0.05) is 11.9 Å². The number of benzene rings is 1. The molecule has 2 rings (SSSR count). The highest BCUT2D eigenvalue weighted by atomic mass is 35.5. The lowest BCUT2D eigenvalue weighted by molar-refractivity contribution is 0.621. The first-order chi connectivity index (χ1) is 8.29. The van der Waals surface area contributed by atoms with Gasteiger partial charge in [-0.2, -0.15) is 0 Å². The predicted molar refractivity (Wildman–Crippen MR) is 75.9 cm³/mol. The Kier molecular flexibility index (Phi) is 4.77. The third-order valence-electron chi connectivity index (χ3n) is 2.69. The monoisotopic (exact) mass is 268 g/mol. The number of para-hydroxylation sites is 1. The first kappa shape index (κ1) is 12.8. The molecule has 1 N–H and O–H groups in total. The van der Waals surface area contributed by atoms with Crippen LogP contribution in [0.4, 0.5) is 0 Å².